The van der Waals surface area contributed by atoms with Crippen molar-refractivity contribution in [2.75, 3.05) is 14.2 Å². The van der Waals surface area contributed by atoms with E-state index in [2.05, 4.69) is 5.10 Å². The normalized spacial score (nSPS) is 10.8. The van der Waals surface area contributed by atoms with Crippen LogP contribution in [0.25, 0.3) is 22.2 Å². The number of rotatable bonds is 4. The number of aromatic nitrogens is 2. The van der Waals surface area contributed by atoms with Crippen molar-refractivity contribution in [3.8, 4) is 11.3 Å². The van der Waals surface area contributed by atoms with Crippen LogP contribution in [0.2, 0.25) is 0 Å². The van der Waals surface area contributed by atoms with Crippen LogP contribution in [0.4, 0.5) is 0 Å². The van der Waals surface area contributed by atoms with Gasteiger partial charge in [0.25, 0.3) is 5.91 Å². The highest BCUT2D eigenvalue weighted by molar-refractivity contribution is 5.94. The lowest BCUT2D eigenvalue weighted by Gasteiger charge is -2.13. The molecule has 0 saturated heterocycles. The van der Waals surface area contributed by atoms with Crippen LogP contribution in [0.15, 0.2) is 54.6 Å². The highest BCUT2D eigenvalue weighted by Gasteiger charge is 2.15. The number of carbonyl (C=O) groups excluding carboxylic acids is 1. The third-order valence-corrected chi connectivity index (χ3v) is 3.62. The van der Waals surface area contributed by atoms with E-state index < -0.39 is 0 Å². The van der Waals surface area contributed by atoms with E-state index in [9.17, 15) is 4.79 Å². The minimum Gasteiger partial charge on any atom is -0.275 e. The molecule has 3 rings (SSSR count). The quantitative estimate of drug-likeness (QED) is 0.695. The zero-order valence-corrected chi connectivity index (χ0v) is 12.6. The van der Waals surface area contributed by atoms with Gasteiger partial charge in [0.15, 0.2) is 0 Å². The van der Waals surface area contributed by atoms with Crippen LogP contribution >= 0.6 is 0 Å². The Morgan fingerprint density at radius 1 is 1.14 bits per heavy atom. The van der Waals surface area contributed by atoms with E-state index in [1.54, 1.807) is 11.7 Å². The number of carbonyl (C=O) groups is 1. The second kappa shape index (κ2) is 5.99. The molecule has 112 valence electrons. The molecule has 0 aliphatic carbocycles. The molecule has 0 aliphatic rings. The van der Waals surface area contributed by atoms with Crippen molar-refractivity contribution in [3.63, 3.8) is 0 Å². The summed E-state index contributed by atoms with van der Waals surface area (Å²) in [5.74, 6) is -0.157. The van der Waals surface area contributed by atoms with Crippen molar-refractivity contribution in [2.45, 2.75) is 6.54 Å². The van der Waals surface area contributed by atoms with E-state index >= 15 is 0 Å². The van der Waals surface area contributed by atoms with E-state index in [0.717, 1.165) is 22.2 Å². The molecule has 1 heterocycles. The van der Waals surface area contributed by atoms with Crippen molar-refractivity contribution in [2.24, 2.45) is 0 Å². The van der Waals surface area contributed by atoms with Gasteiger partial charge in [0.2, 0.25) is 0 Å². The second-order valence-electron chi connectivity index (χ2n) is 4.96. The van der Waals surface area contributed by atoms with Crippen molar-refractivity contribution in [1.29, 1.82) is 0 Å². The molecule has 0 radical (unpaired) electrons. The molecule has 0 atom stereocenters. The van der Waals surface area contributed by atoms with Crippen LogP contribution in [0, 0.1) is 0 Å². The highest BCUT2D eigenvalue weighted by atomic mass is 16.7. The summed E-state index contributed by atoms with van der Waals surface area (Å²) in [4.78, 5) is 17.0. The van der Waals surface area contributed by atoms with Gasteiger partial charge in [-0.15, -0.1) is 0 Å². The van der Waals surface area contributed by atoms with Gasteiger partial charge in [-0.1, -0.05) is 48.5 Å². The molecule has 5 nitrogen and oxygen atoms in total. The van der Waals surface area contributed by atoms with Gasteiger partial charge in [0.05, 0.1) is 12.6 Å². The predicted octanol–water partition coefficient (Wildman–Crippen LogP) is 2.72. The largest absolute Gasteiger partial charge is 0.275 e. The number of nitrogens with zero attached hydrogens (tertiary/aromatic N) is 3. The number of hydroxylamine groups is 2. The molecule has 1 amide bonds. The average Bonchev–Trinajstić information content (AvgIpc) is 2.93. The fourth-order valence-electron chi connectivity index (χ4n) is 2.39. The lowest BCUT2D eigenvalue weighted by atomic mass is 10.1. The topological polar surface area (TPSA) is 47.4 Å². The molecule has 0 spiro atoms. The van der Waals surface area contributed by atoms with Crippen LogP contribution in [-0.2, 0) is 16.2 Å². The molecule has 0 N–H and O–H groups in total. The van der Waals surface area contributed by atoms with Crippen LogP contribution in [0.1, 0.15) is 0 Å². The first-order chi connectivity index (χ1) is 10.7. The molecule has 3 aromatic rings. The lowest BCUT2D eigenvalue weighted by molar-refractivity contribution is -0.169. The first-order valence-electron chi connectivity index (χ1n) is 7.02. The van der Waals surface area contributed by atoms with Gasteiger partial charge in [-0.05, 0) is 6.07 Å². The number of likely N-dealkylation sites (N-methyl/N-ethyl adjacent to an activating group) is 1. The fourth-order valence-corrected chi connectivity index (χ4v) is 2.39. The maximum absolute atomic E-state index is 12.1. The Morgan fingerprint density at radius 3 is 2.55 bits per heavy atom. The van der Waals surface area contributed by atoms with Gasteiger partial charge in [0.1, 0.15) is 12.2 Å². The molecule has 0 unspecified atom stereocenters. The van der Waals surface area contributed by atoms with E-state index in [1.165, 1.54) is 12.2 Å². The minimum absolute atomic E-state index is 0.137. The van der Waals surface area contributed by atoms with Crippen LogP contribution in [-0.4, -0.2) is 34.9 Å². The SMILES string of the molecule is CON(C)C(=O)Cn1nc(-c2ccccc2)c2ccccc21. The zero-order chi connectivity index (χ0) is 15.5. The molecular formula is C17H17N3O2. The summed E-state index contributed by atoms with van der Waals surface area (Å²) in [6.45, 7) is 0.137. The Kier molecular flexibility index (Phi) is 3.89. The first-order valence-corrected chi connectivity index (χ1v) is 7.02. The second-order valence-corrected chi connectivity index (χ2v) is 4.96. The summed E-state index contributed by atoms with van der Waals surface area (Å²) >= 11 is 0. The molecule has 1 aromatic heterocycles. The summed E-state index contributed by atoms with van der Waals surface area (Å²) in [6, 6.07) is 17.9. The van der Waals surface area contributed by atoms with Crippen LogP contribution in [0.5, 0.6) is 0 Å². The van der Waals surface area contributed by atoms with E-state index in [0.29, 0.717) is 0 Å². The van der Waals surface area contributed by atoms with Gasteiger partial charge in [-0.25, -0.2) is 5.06 Å². The fraction of sp³-hybridized carbons (Fsp3) is 0.176. The van der Waals surface area contributed by atoms with E-state index in [1.807, 2.05) is 54.6 Å². The standard InChI is InChI=1S/C17H17N3O2/c1-19(22-2)16(21)12-20-15-11-7-6-10-14(15)17(18-20)13-8-4-3-5-9-13/h3-11H,12H2,1-2H3. The smallest absolute Gasteiger partial charge is 0.267 e. The van der Waals surface area contributed by atoms with Gasteiger partial charge < -0.3 is 0 Å². The lowest BCUT2D eigenvalue weighted by Crippen LogP contribution is -2.29. The number of para-hydroxylation sites is 1. The predicted molar refractivity (Wildman–Crippen MR) is 84.9 cm³/mol. The third-order valence-electron chi connectivity index (χ3n) is 3.62. The monoisotopic (exact) mass is 295 g/mol. The van der Waals surface area contributed by atoms with E-state index in [4.69, 9.17) is 4.84 Å². The molecule has 0 aliphatic heterocycles. The molecule has 2 aromatic carbocycles. The molecule has 0 fully saturated rings. The highest BCUT2D eigenvalue weighted by Crippen LogP contribution is 2.27. The Bertz CT molecular complexity index is 796. The number of fused-ring (bicyclic) bond motifs is 1. The number of amides is 1. The van der Waals surface area contributed by atoms with Gasteiger partial charge >= 0.3 is 0 Å². The number of hydrogen-bond donors (Lipinski definition) is 0. The first kappa shape index (κ1) is 14.3. The molecule has 22 heavy (non-hydrogen) atoms. The Hall–Kier alpha value is -2.66. The Balaban J connectivity index is 2.07. The summed E-state index contributed by atoms with van der Waals surface area (Å²) in [7, 11) is 3.06. The molecule has 0 bridgehead atoms. The molecule has 0 saturated carbocycles. The summed E-state index contributed by atoms with van der Waals surface area (Å²) < 4.78 is 1.72. The number of hydrogen-bond acceptors (Lipinski definition) is 3. The van der Waals surface area contributed by atoms with Gasteiger partial charge in [-0.3, -0.25) is 14.3 Å². The van der Waals surface area contributed by atoms with Gasteiger partial charge in [0, 0.05) is 18.0 Å². The van der Waals surface area contributed by atoms with E-state index in [-0.39, 0.29) is 12.5 Å². The maximum atomic E-state index is 12.1. The average molecular weight is 295 g/mol. The van der Waals surface area contributed by atoms with Crippen molar-refractivity contribution in [1.82, 2.24) is 14.8 Å². The number of benzene rings is 2. The van der Waals surface area contributed by atoms with Crippen molar-refractivity contribution >= 4 is 16.8 Å². The van der Waals surface area contributed by atoms with Crippen LogP contribution < -0.4 is 0 Å². The van der Waals surface area contributed by atoms with Gasteiger partial charge in [-0.2, -0.15) is 5.10 Å². The Morgan fingerprint density at radius 2 is 1.82 bits per heavy atom. The Labute approximate surface area is 128 Å². The minimum atomic E-state index is -0.157. The van der Waals surface area contributed by atoms with Crippen LogP contribution in [0.3, 0.4) is 0 Å². The summed E-state index contributed by atoms with van der Waals surface area (Å²) in [5, 5.41) is 6.87. The molecular weight excluding hydrogens is 278 g/mol. The summed E-state index contributed by atoms with van der Waals surface area (Å²) in [5.41, 5.74) is 2.84. The zero-order valence-electron chi connectivity index (χ0n) is 12.6. The van der Waals surface area contributed by atoms with Crippen molar-refractivity contribution in [3.05, 3.63) is 54.6 Å². The van der Waals surface area contributed by atoms with Crippen molar-refractivity contribution < 1.29 is 9.63 Å². The molecule has 5 heteroatoms. The maximum Gasteiger partial charge on any atom is 0.267 e. The third kappa shape index (κ3) is 2.58. The summed E-state index contributed by atoms with van der Waals surface area (Å²) in [6.07, 6.45) is 0.